The summed E-state index contributed by atoms with van der Waals surface area (Å²) in [5.74, 6) is 0.997. The number of fused-ring (bicyclic) bond motifs is 3. The first-order valence-corrected chi connectivity index (χ1v) is 8.61. The minimum Gasteiger partial charge on any atom is -0.485 e. The maximum absolute atomic E-state index is 6.53. The molecule has 1 aliphatic heterocycles. The van der Waals surface area contributed by atoms with Crippen molar-refractivity contribution in [2.45, 2.75) is 18.6 Å². The second-order valence-electron chi connectivity index (χ2n) is 6.48. The SMILES string of the molecule is c1ccc(C2CC(n3ccnc3)c3ccc4ccccc4c3O2)cc1. The summed E-state index contributed by atoms with van der Waals surface area (Å²) in [5, 5.41) is 2.38. The lowest BCUT2D eigenvalue weighted by molar-refractivity contribution is 0.156. The van der Waals surface area contributed by atoms with Crippen LogP contribution in [0.2, 0.25) is 0 Å². The maximum atomic E-state index is 6.53. The van der Waals surface area contributed by atoms with Crippen molar-refractivity contribution in [1.82, 2.24) is 9.55 Å². The molecule has 1 aliphatic rings. The van der Waals surface area contributed by atoms with Crippen molar-refractivity contribution in [3.63, 3.8) is 0 Å². The monoisotopic (exact) mass is 326 g/mol. The van der Waals surface area contributed by atoms with Gasteiger partial charge in [0.25, 0.3) is 0 Å². The molecule has 0 amide bonds. The zero-order chi connectivity index (χ0) is 16.6. The van der Waals surface area contributed by atoms with Gasteiger partial charge in [-0.2, -0.15) is 0 Å². The highest BCUT2D eigenvalue weighted by Gasteiger charge is 2.31. The number of ether oxygens (including phenoxy) is 1. The van der Waals surface area contributed by atoms with E-state index in [9.17, 15) is 0 Å². The zero-order valence-electron chi connectivity index (χ0n) is 13.7. The van der Waals surface area contributed by atoms with E-state index in [1.165, 1.54) is 21.9 Å². The molecule has 5 rings (SSSR count). The van der Waals surface area contributed by atoms with Gasteiger partial charge in [0.2, 0.25) is 0 Å². The van der Waals surface area contributed by atoms with E-state index >= 15 is 0 Å². The van der Waals surface area contributed by atoms with Crippen LogP contribution in [-0.2, 0) is 0 Å². The van der Waals surface area contributed by atoms with Crippen molar-refractivity contribution in [3.8, 4) is 5.75 Å². The molecule has 0 saturated heterocycles. The molecule has 2 heterocycles. The molecule has 2 atom stereocenters. The molecular formula is C22H18N2O. The summed E-state index contributed by atoms with van der Waals surface area (Å²) < 4.78 is 8.71. The molecule has 0 saturated carbocycles. The van der Waals surface area contributed by atoms with Crippen molar-refractivity contribution in [2.24, 2.45) is 0 Å². The molecule has 4 aromatic rings. The number of nitrogens with zero attached hydrogens (tertiary/aromatic N) is 2. The second-order valence-corrected chi connectivity index (χ2v) is 6.48. The minimum atomic E-state index is 0.0342. The van der Waals surface area contributed by atoms with Crippen LogP contribution in [0.3, 0.4) is 0 Å². The van der Waals surface area contributed by atoms with Crippen LogP contribution < -0.4 is 4.74 Å². The lowest BCUT2D eigenvalue weighted by Crippen LogP contribution is -2.23. The number of imidazole rings is 1. The predicted molar refractivity (Wildman–Crippen MR) is 98.7 cm³/mol. The minimum absolute atomic E-state index is 0.0342. The van der Waals surface area contributed by atoms with Gasteiger partial charge in [-0.05, 0) is 10.9 Å². The predicted octanol–water partition coefficient (Wildman–Crippen LogP) is 5.15. The van der Waals surface area contributed by atoms with E-state index < -0.39 is 0 Å². The summed E-state index contributed by atoms with van der Waals surface area (Å²) in [6.07, 6.45) is 6.71. The number of benzene rings is 3. The molecule has 122 valence electrons. The molecule has 3 nitrogen and oxygen atoms in total. The first kappa shape index (κ1) is 14.3. The van der Waals surface area contributed by atoms with Crippen molar-refractivity contribution < 1.29 is 4.74 Å². The molecular weight excluding hydrogens is 308 g/mol. The molecule has 3 aromatic carbocycles. The van der Waals surface area contributed by atoms with Crippen LogP contribution in [-0.4, -0.2) is 9.55 Å². The topological polar surface area (TPSA) is 27.1 Å². The lowest BCUT2D eigenvalue weighted by Gasteiger charge is -2.34. The fraction of sp³-hybridized carbons (Fsp3) is 0.136. The van der Waals surface area contributed by atoms with Gasteiger partial charge in [-0.15, -0.1) is 0 Å². The van der Waals surface area contributed by atoms with Gasteiger partial charge < -0.3 is 9.30 Å². The van der Waals surface area contributed by atoms with Crippen LogP contribution in [0, 0.1) is 0 Å². The normalized spacial score (nSPS) is 19.4. The van der Waals surface area contributed by atoms with E-state index in [4.69, 9.17) is 4.74 Å². The molecule has 0 spiro atoms. The Hall–Kier alpha value is -3.07. The van der Waals surface area contributed by atoms with Crippen molar-refractivity contribution >= 4 is 10.8 Å². The number of rotatable bonds is 2. The highest BCUT2D eigenvalue weighted by molar-refractivity contribution is 5.90. The van der Waals surface area contributed by atoms with Gasteiger partial charge in [-0.3, -0.25) is 0 Å². The Balaban J connectivity index is 1.70. The van der Waals surface area contributed by atoms with E-state index in [1.54, 1.807) is 0 Å². The second kappa shape index (κ2) is 5.78. The van der Waals surface area contributed by atoms with E-state index in [0.717, 1.165) is 12.2 Å². The van der Waals surface area contributed by atoms with Gasteiger partial charge in [0.05, 0.1) is 12.4 Å². The standard InChI is InChI=1S/C22H18N2O/c1-2-7-17(8-3-1)21-14-20(24-13-12-23-15-24)19-11-10-16-6-4-5-9-18(16)22(19)25-21/h1-13,15,20-21H,14H2. The number of hydrogen-bond acceptors (Lipinski definition) is 2. The molecule has 0 bridgehead atoms. The fourth-order valence-electron chi connectivity index (χ4n) is 3.78. The third kappa shape index (κ3) is 2.40. The van der Waals surface area contributed by atoms with Gasteiger partial charge in [0.15, 0.2) is 0 Å². The van der Waals surface area contributed by atoms with Gasteiger partial charge in [-0.25, -0.2) is 4.98 Å². The summed E-state index contributed by atoms with van der Waals surface area (Å²) in [4.78, 5) is 4.25. The molecule has 0 aliphatic carbocycles. The first-order chi connectivity index (χ1) is 12.4. The summed E-state index contributed by atoms with van der Waals surface area (Å²) in [7, 11) is 0. The summed E-state index contributed by atoms with van der Waals surface area (Å²) in [6, 6.07) is 23.5. The van der Waals surface area contributed by atoms with Crippen molar-refractivity contribution in [2.75, 3.05) is 0 Å². The van der Waals surface area contributed by atoms with E-state index in [-0.39, 0.29) is 12.1 Å². The Morgan fingerprint density at radius 2 is 1.76 bits per heavy atom. The largest absolute Gasteiger partial charge is 0.485 e. The third-order valence-electron chi connectivity index (χ3n) is 5.02. The molecule has 0 radical (unpaired) electrons. The lowest BCUT2D eigenvalue weighted by atomic mass is 9.90. The van der Waals surface area contributed by atoms with Crippen LogP contribution in [0.25, 0.3) is 10.8 Å². The summed E-state index contributed by atoms with van der Waals surface area (Å²) in [5.41, 5.74) is 2.44. The zero-order valence-corrected chi connectivity index (χ0v) is 13.7. The van der Waals surface area contributed by atoms with Crippen LogP contribution in [0.5, 0.6) is 5.75 Å². The van der Waals surface area contributed by atoms with Crippen LogP contribution in [0.15, 0.2) is 85.5 Å². The Morgan fingerprint density at radius 1 is 0.920 bits per heavy atom. The van der Waals surface area contributed by atoms with Crippen LogP contribution in [0.1, 0.15) is 29.7 Å². The molecule has 0 fully saturated rings. The van der Waals surface area contributed by atoms with Crippen molar-refractivity contribution in [1.29, 1.82) is 0 Å². The smallest absolute Gasteiger partial charge is 0.133 e. The van der Waals surface area contributed by atoms with E-state index in [1.807, 2.05) is 24.8 Å². The maximum Gasteiger partial charge on any atom is 0.133 e. The van der Waals surface area contributed by atoms with Gasteiger partial charge in [-0.1, -0.05) is 66.7 Å². The molecule has 1 aromatic heterocycles. The average molecular weight is 326 g/mol. The van der Waals surface area contributed by atoms with Crippen LogP contribution >= 0.6 is 0 Å². The van der Waals surface area contributed by atoms with Crippen molar-refractivity contribution in [3.05, 3.63) is 96.6 Å². The molecule has 0 N–H and O–H groups in total. The Labute approximate surface area is 146 Å². The number of hydrogen-bond donors (Lipinski definition) is 0. The Kier molecular flexibility index (Phi) is 3.30. The van der Waals surface area contributed by atoms with Gasteiger partial charge >= 0.3 is 0 Å². The summed E-state index contributed by atoms with van der Waals surface area (Å²) in [6.45, 7) is 0. The third-order valence-corrected chi connectivity index (χ3v) is 5.02. The molecule has 25 heavy (non-hydrogen) atoms. The first-order valence-electron chi connectivity index (χ1n) is 8.61. The van der Waals surface area contributed by atoms with Gasteiger partial charge in [0.1, 0.15) is 11.9 Å². The fourth-order valence-corrected chi connectivity index (χ4v) is 3.78. The highest BCUT2D eigenvalue weighted by Crippen LogP contribution is 2.45. The van der Waals surface area contributed by atoms with Crippen LogP contribution in [0.4, 0.5) is 0 Å². The summed E-state index contributed by atoms with van der Waals surface area (Å²) >= 11 is 0. The molecule has 3 heteroatoms. The Morgan fingerprint density at radius 3 is 2.60 bits per heavy atom. The highest BCUT2D eigenvalue weighted by atomic mass is 16.5. The average Bonchev–Trinajstić information content (AvgIpc) is 3.22. The molecule has 2 unspecified atom stereocenters. The quantitative estimate of drug-likeness (QED) is 0.509. The van der Waals surface area contributed by atoms with E-state index in [0.29, 0.717) is 0 Å². The Bertz CT molecular complexity index is 1010. The number of aromatic nitrogens is 2. The van der Waals surface area contributed by atoms with Gasteiger partial charge in [0, 0.05) is 29.8 Å². The van der Waals surface area contributed by atoms with E-state index in [2.05, 4.69) is 70.2 Å².